The van der Waals surface area contributed by atoms with Crippen molar-refractivity contribution in [3.63, 3.8) is 0 Å². The second-order valence-electron chi connectivity index (χ2n) is 12.8. The van der Waals surface area contributed by atoms with E-state index in [9.17, 15) is 9.18 Å². The molecule has 1 fully saturated rings. The zero-order valence-electron chi connectivity index (χ0n) is 26.4. The topological polar surface area (TPSA) is 65.8 Å². The number of aryl methyl sites for hydroxylation is 1. The first kappa shape index (κ1) is 32.4. The van der Waals surface area contributed by atoms with E-state index < -0.39 is 14.2 Å². The summed E-state index contributed by atoms with van der Waals surface area (Å²) in [7, 11) is -1.24. The average Bonchev–Trinajstić information content (AvgIpc) is 3.29. The lowest BCUT2D eigenvalue weighted by molar-refractivity contribution is 0.0464. The Morgan fingerprint density at radius 1 is 1.16 bits per heavy atom. The Bertz CT molecular complexity index is 1510. The van der Waals surface area contributed by atoms with Gasteiger partial charge in [0.25, 0.3) is 0 Å². The second-order valence-corrected chi connectivity index (χ2v) is 18.9. The highest BCUT2D eigenvalue weighted by molar-refractivity contribution is 6.76. The summed E-state index contributed by atoms with van der Waals surface area (Å²) < 4.78 is 34.5. The molecule has 1 atom stereocenters. The van der Waals surface area contributed by atoms with Crippen LogP contribution < -0.4 is 4.74 Å². The Morgan fingerprint density at radius 3 is 2.64 bits per heavy atom. The number of halogens is 2. The number of imidazole rings is 1. The van der Waals surface area contributed by atoms with Crippen LogP contribution in [-0.4, -0.2) is 54.8 Å². The summed E-state index contributed by atoms with van der Waals surface area (Å²) >= 11 is 5.98. The van der Waals surface area contributed by atoms with Crippen LogP contribution in [0.15, 0.2) is 42.5 Å². The quantitative estimate of drug-likeness (QED) is 0.120. The van der Waals surface area contributed by atoms with Crippen LogP contribution in [-0.2, 0) is 22.7 Å². The van der Waals surface area contributed by atoms with Crippen molar-refractivity contribution < 1.29 is 23.4 Å². The van der Waals surface area contributed by atoms with Crippen LogP contribution in [0.3, 0.4) is 0 Å². The molecule has 236 valence electrons. The molecule has 0 aliphatic carbocycles. The molecule has 0 bridgehead atoms. The lowest BCUT2D eigenvalue weighted by atomic mass is 9.87. The van der Waals surface area contributed by atoms with Crippen molar-refractivity contribution in [3.05, 3.63) is 87.2 Å². The fourth-order valence-electron chi connectivity index (χ4n) is 5.90. The fraction of sp³-hybridized carbons (Fsp3) is 0.471. The van der Waals surface area contributed by atoms with Crippen molar-refractivity contribution in [1.29, 1.82) is 0 Å². The van der Waals surface area contributed by atoms with Crippen molar-refractivity contribution in [2.24, 2.45) is 0 Å². The monoisotopic (exact) mass is 639 g/mol. The smallest absolute Gasteiger partial charge is 0.356 e. The third kappa shape index (κ3) is 7.62. The van der Waals surface area contributed by atoms with E-state index >= 15 is 0 Å². The van der Waals surface area contributed by atoms with E-state index in [4.69, 9.17) is 30.8 Å². The number of benzene rings is 2. The predicted molar refractivity (Wildman–Crippen MR) is 175 cm³/mol. The first-order valence-corrected chi connectivity index (χ1v) is 19.6. The van der Waals surface area contributed by atoms with Gasteiger partial charge in [0.2, 0.25) is 0 Å². The maximum atomic E-state index is 14.7. The van der Waals surface area contributed by atoms with E-state index in [2.05, 4.69) is 36.7 Å². The largest absolute Gasteiger partial charge is 0.481 e. The van der Waals surface area contributed by atoms with Crippen LogP contribution in [0.4, 0.5) is 4.39 Å². The van der Waals surface area contributed by atoms with Gasteiger partial charge in [-0.25, -0.2) is 14.2 Å². The molecule has 0 unspecified atom stereocenters. The summed E-state index contributed by atoms with van der Waals surface area (Å²) in [6, 6.07) is 12.0. The van der Waals surface area contributed by atoms with E-state index in [1.807, 2.05) is 36.6 Å². The van der Waals surface area contributed by atoms with E-state index in [-0.39, 0.29) is 18.5 Å². The van der Waals surface area contributed by atoms with Crippen molar-refractivity contribution in [1.82, 2.24) is 14.5 Å². The molecule has 5 rings (SSSR count). The summed E-state index contributed by atoms with van der Waals surface area (Å²) in [5.41, 5.74) is 3.77. The molecule has 0 spiro atoms. The number of piperidine rings is 1. The second kappa shape index (κ2) is 14.0. The zero-order chi connectivity index (χ0) is 31.4. The molecule has 10 heteroatoms. The van der Waals surface area contributed by atoms with Gasteiger partial charge in [0.15, 0.2) is 5.69 Å². The van der Waals surface area contributed by atoms with Crippen molar-refractivity contribution in [3.8, 4) is 5.75 Å². The molecule has 1 saturated heterocycles. The first-order chi connectivity index (χ1) is 21.0. The van der Waals surface area contributed by atoms with Gasteiger partial charge in [-0.2, -0.15) is 0 Å². The number of aromatic nitrogens is 2. The molecular formula is C34H43ClFN3O4Si. The standard InChI is InChI=1S/C34H43ClFN3O4Si/c1-6-42-34(40)32-23(2)37-31(39(32)22-41-18-19-44(3,4)5)21-38-16-14-24(15-17-38)27-9-7-8-25-10-13-30(43-33(25)27)28-12-11-26(35)20-29(28)36/h7-13,20,24,30H,6,14-19,21-22H2,1-5H3/t30-/m1/s1. The molecular weight excluding hydrogens is 597 g/mol. The lowest BCUT2D eigenvalue weighted by Gasteiger charge is -2.34. The zero-order valence-corrected chi connectivity index (χ0v) is 28.1. The molecule has 0 radical (unpaired) electrons. The third-order valence-electron chi connectivity index (χ3n) is 8.34. The Hall–Kier alpha value is -2.98. The van der Waals surface area contributed by atoms with Gasteiger partial charge in [-0.3, -0.25) is 9.47 Å². The molecule has 0 saturated carbocycles. The van der Waals surface area contributed by atoms with Gasteiger partial charge >= 0.3 is 5.97 Å². The molecule has 1 aromatic heterocycles. The van der Waals surface area contributed by atoms with Crippen LogP contribution >= 0.6 is 11.6 Å². The molecule has 2 aromatic carbocycles. The highest BCUT2D eigenvalue weighted by atomic mass is 35.5. The van der Waals surface area contributed by atoms with Crippen molar-refractivity contribution in [2.45, 2.75) is 77.7 Å². The van der Waals surface area contributed by atoms with Crippen molar-refractivity contribution >= 4 is 31.7 Å². The normalized spacial score (nSPS) is 17.4. The molecule has 0 N–H and O–H groups in total. The number of carbonyl (C=O) groups excluding carboxylic acids is 1. The summed E-state index contributed by atoms with van der Waals surface area (Å²) in [6.07, 6.45) is 5.29. The predicted octanol–water partition coefficient (Wildman–Crippen LogP) is 8.00. The first-order valence-electron chi connectivity index (χ1n) is 15.5. The summed E-state index contributed by atoms with van der Waals surface area (Å²) in [5, 5.41) is 0.364. The van der Waals surface area contributed by atoms with Gasteiger partial charge in [0, 0.05) is 30.8 Å². The molecule has 7 nitrogen and oxygen atoms in total. The molecule has 0 amide bonds. The van der Waals surface area contributed by atoms with Crippen LogP contribution in [0.25, 0.3) is 6.08 Å². The average molecular weight is 640 g/mol. The molecule has 3 heterocycles. The van der Waals surface area contributed by atoms with Gasteiger partial charge in [-0.05, 0) is 75.5 Å². The van der Waals surface area contributed by atoms with Gasteiger partial charge in [-0.1, -0.05) is 61.6 Å². The molecule has 2 aliphatic rings. The number of para-hydroxylation sites is 1. The Morgan fingerprint density at radius 2 is 1.93 bits per heavy atom. The number of nitrogens with zero attached hydrogens (tertiary/aromatic N) is 3. The summed E-state index contributed by atoms with van der Waals surface area (Å²) in [6.45, 7) is 14.2. The lowest BCUT2D eigenvalue weighted by Crippen LogP contribution is -2.34. The molecule has 3 aromatic rings. The minimum Gasteiger partial charge on any atom is -0.481 e. The number of fused-ring (bicyclic) bond motifs is 1. The Labute approximate surface area is 266 Å². The number of ether oxygens (including phenoxy) is 3. The number of rotatable bonds is 11. The van der Waals surface area contributed by atoms with Gasteiger partial charge in [0.1, 0.15) is 30.2 Å². The van der Waals surface area contributed by atoms with E-state index in [1.54, 1.807) is 12.1 Å². The maximum absolute atomic E-state index is 14.7. The SMILES string of the molecule is CCOC(=O)c1c(C)nc(CN2CCC(c3cccc4c3O[C@@H](c3ccc(Cl)cc3F)C=C4)CC2)n1COCC[Si](C)(C)C. The minimum atomic E-state index is -1.24. The van der Waals surface area contributed by atoms with Crippen LogP contribution in [0, 0.1) is 12.7 Å². The van der Waals surface area contributed by atoms with Crippen LogP contribution in [0.1, 0.15) is 70.5 Å². The molecule has 2 aliphatic heterocycles. The van der Waals surface area contributed by atoms with E-state index in [0.717, 1.165) is 54.7 Å². The number of esters is 1. The Balaban J connectivity index is 1.27. The number of carbonyl (C=O) groups is 1. The summed E-state index contributed by atoms with van der Waals surface area (Å²) in [5.74, 6) is 1.22. The van der Waals surface area contributed by atoms with Crippen LogP contribution in [0.2, 0.25) is 30.7 Å². The highest BCUT2D eigenvalue weighted by Gasteiger charge is 2.29. The van der Waals surface area contributed by atoms with Crippen molar-refractivity contribution in [2.75, 3.05) is 26.3 Å². The van der Waals surface area contributed by atoms with E-state index in [1.165, 1.54) is 6.07 Å². The van der Waals surface area contributed by atoms with Gasteiger partial charge in [-0.15, -0.1) is 0 Å². The maximum Gasteiger partial charge on any atom is 0.356 e. The number of hydrogen-bond donors (Lipinski definition) is 0. The fourth-order valence-corrected chi connectivity index (χ4v) is 6.82. The Kier molecular flexibility index (Phi) is 10.3. The minimum absolute atomic E-state index is 0.279. The van der Waals surface area contributed by atoms with E-state index in [0.29, 0.717) is 47.7 Å². The van der Waals surface area contributed by atoms with Gasteiger partial charge in [0.05, 0.1) is 18.8 Å². The third-order valence-corrected chi connectivity index (χ3v) is 10.3. The molecule has 44 heavy (non-hydrogen) atoms. The number of likely N-dealkylation sites (tertiary alicyclic amines) is 1. The number of hydrogen-bond acceptors (Lipinski definition) is 6. The van der Waals surface area contributed by atoms with Gasteiger partial charge < -0.3 is 14.2 Å². The van der Waals surface area contributed by atoms with Crippen LogP contribution in [0.5, 0.6) is 5.75 Å². The highest BCUT2D eigenvalue weighted by Crippen LogP contribution is 2.42. The summed E-state index contributed by atoms with van der Waals surface area (Å²) in [4.78, 5) is 20.0.